The zero-order chi connectivity index (χ0) is 22.5. The summed E-state index contributed by atoms with van der Waals surface area (Å²) in [7, 11) is 1.75. The van der Waals surface area contributed by atoms with Crippen LogP contribution < -0.4 is 21.3 Å². The second kappa shape index (κ2) is 15.5. The monoisotopic (exact) mass is 553 g/mol. The number of aliphatic imine (C=N–C) groups is 1. The summed E-state index contributed by atoms with van der Waals surface area (Å²) < 4.78 is 5.90. The average molecular weight is 553 g/mol. The minimum atomic E-state index is -0.201. The van der Waals surface area contributed by atoms with Crippen LogP contribution in [0.5, 0.6) is 0 Å². The van der Waals surface area contributed by atoms with Crippen molar-refractivity contribution in [2.24, 2.45) is 4.99 Å². The Labute approximate surface area is 208 Å². The molecular weight excluding hydrogens is 517 g/mol. The molecule has 176 valence electrons. The van der Waals surface area contributed by atoms with Crippen molar-refractivity contribution in [1.29, 1.82) is 0 Å². The van der Waals surface area contributed by atoms with Gasteiger partial charge in [-0.1, -0.05) is 42.5 Å². The summed E-state index contributed by atoms with van der Waals surface area (Å²) in [6.45, 7) is 8.01. The van der Waals surface area contributed by atoms with Crippen LogP contribution >= 0.6 is 24.0 Å². The Bertz CT molecular complexity index is 813. The van der Waals surface area contributed by atoms with Gasteiger partial charge in [-0.2, -0.15) is 0 Å². The maximum absolute atomic E-state index is 11.8. The number of halogens is 1. The van der Waals surface area contributed by atoms with Gasteiger partial charge in [0.15, 0.2) is 5.96 Å². The Morgan fingerprint density at radius 1 is 1.00 bits per heavy atom. The van der Waals surface area contributed by atoms with Crippen LogP contribution in [0.15, 0.2) is 59.6 Å². The Morgan fingerprint density at radius 2 is 1.69 bits per heavy atom. The predicted molar refractivity (Wildman–Crippen MR) is 143 cm³/mol. The van der Waals surface area contributed by atoms with Crippen molar-refractivity contribution in [1.82, 2.24) is 16.0 Å². The fourth-order valence-electron chi connectivity index (χ4n) is 2.90. The average Bonchev–Trinajstić information content (AvgIpc) is 2.76. The van der Waals surface area contributed by atoms with Crippen molar-refractivity contribution < 1.29 is 9.53 Å². The molecule has 2 aromatic carbocycles. The third-order valence-corrected chi connectivity index (χ3v) is 4.57. The number of rotatable bonds is 10. The second-order valence-electron chi connectivity index (χ2n) is 7.58. The third-order valence-electron chi connectivity index (χ3n) is 4.57. The molecule has 0 aliphatic heterocycles. The molecule has 32 heavy (non-hydrogen) atoms. The highest BCUT2D eigenvalue weighted by Crippen LogP contribution is 2.15. The molecule has 8 heteroatoms. The lowest BCUT2D eigenvalue weighted by Gasteiger charge is -2.15. The zero-order valence-corrected chi connectivity index (χ0v) is 21.7. The van der Waals surface area contributed by atoms with Gasteiger partial charge in [-0.15, -0.1) is 24.0 Å². The van der Waals surface area contributed by atoms with Crippen LogP contribution in [0.25, 0.3) is 0 Å². The molecule has 2 rings (SSSR count). The van der Waals surface area contributed by atoms with E-state index in [4.69, 9.17) is 4.74 Å². The number of nitrogens with zero attached hydrogens (tertiary/aromatic N) is 1. The summed E-state index contributed by atoms with van der Waals surface area (Å²) in [5, 5.41) is 12.2. The Morgan fingerprint density at radius 3 is 2.31 bits per heavy atom. The molecule has 0 heterocycles. The van der Waals surface area contributed by atoms with Crippen LogP contribution in [0, 0.1) is 0 Å². The van der Waals surface area contributed by atoms with E-state index in [0.717, 1.165) is 30.2 Å². The van der Waals surface area contributed by atoms with Gasteiger partial charge in [0.2, 0.25) is 0 Å². The first-order valence-electron chi connectivity index (χ1n) is 10.8. The maximum atomic E-state index is 11.8. The summed E-state index contributed by atoms with van der Waals surface area (Å²) in [5.41, 5.74) is 3.04. The summed E-state index contributed by atoms with van der Waals surface area (Å²) in [4.78, 5) is 16.0. The van der Waals surface area contributed by atoms with E-state index in [1.54, 1.807) is 7.05 Å². The molecule has 1 unspecified atom stereocenters. The van der Waals surface area contributed by atoms with E-state index in [0.29, 0.717) is 13.2 Å². The van der Waals surface area contributed by atoms with Gasteiger partial charge in [0, 0.05) is 38.5 Å². The fourth-order valence-corrected chi connectivity index (χ4v) is 2.90. The largest absolute Gasteiger partial charge is 0.374 e. The van der Waals surface area contributed by atoms with Crippen LogP contribution in [0.1, 0.15) is 44.4 Å². The van der Waals surface area contributed by atoms with E-state index < -0.39 is 0 Å². The van der Waals surface area contributed by atoms with Crippen LogP contribution in [0.3, 0.4) is 0 Å². The summed E-state index contributed by atoms with van der Waals surface area (Å²) in [6.07, 6.45) is 0.976. The number of hydrogen-bond acceptors (Lipinski definition) is 3. The molecule has 0 aromatic heterocycles. The number of urea groups is 1. The summed E-state index contributed by atoms with van der Waals surface area (Å²) >= 11 is 0. The molecule has 0 aliphatic carbocycles. The van der Waals surface area contributed by atoms with Crippen molar-refractivity contribution in [2.75, 3.05) is 25.5 Å². The number of benzene rings is 2. The van der Waals surface area contributed by atoms with Crippen LogP contribution in [0.4, 0.5) is 10.5 Å². The lowest BCUT2D eigenvalue weighted by Crippen LogP contribution is -2.37. The number of amides is 2. The Kier molecular flexibility index (Phi) is 13.4. The number of anilines is 1. The quantitative estimate of drug-likeness (QED) is 0.149. The molecule has 0 aliphatic rings. The van der Waals surface area contributed by atoms with Crippen molar-refractivity contribution in [3.05, 3.63) is 65.7 Å². The lowest BCUT2D eigenvalue weighted by atomic mass is 10.1. The van der Waals surface area contributed by atoms with Crippen molar-refractivity contribution >= 4 is 41.7 Å². The van der Waals surface area contributed by atoms with E-state index in [-0.39, 0.29) is 42.2 Å². The molecule has 2 aromatic rings. The number of ether oxygens (including phenoxy) is 1. The molecule has 0 saturated heterocycles. The van der Waals surface area contributed by atoms with E-state index in [1.807, 2.05) is 56.3 Å². The highest BCUT2D eigenvalue weighted by atomic mass is 127. The van der Waals surface area contributed by atoms with Gasteiger partial charge in [0.25, 0.3) is 0 Å². The Hall–Kier alpha value is -2.33. The van der Waals surface area contributed by atoms with E-state index in [1.165, 1.54) is 5.56 Å². The minimum absolute atomic E-state index is 0. The van der Waals surface area contributed by atoms with Crippen molar-refractivity contribution in [2.45, 2.75) is 45.9 Å². The summed E-state index contributed by atoms with van der Waals surface area (Å²) in [5.74, 6) is 0.745. The van der Waals surface area contributed by atoms with E-state index in [2.05, 4.69) is 45.3 Å². The van der Waals surface area contributed by atoms with Crippen LogP contribution in [-0.2, 0) is 11.3 Å². The predicted octanol–water partition coefficient (Wildman–Crippen LogP) is 4.67. The molecule has 0 bridgehead atoms. The van der Waals surface area contributed by atoms with Crippen LogP contribution in [-0.4, -0.2) is 38.2 Å². The van der Waals surface area contributed by atoms with Gasteiger partial charge in [-0.3, -0.25) is 4.99 Å². The van der Waals surface area contributed by atoms with Crippen LogP contribution in [0.2, 0.25) is 0 Å². The number of nitrogens with one attached hydrogen (secondary N) is 4. The van der Waals surface area contributed by atoms with E-state index in [9.17, 15) is 4.79 Å². The second-order valence-corrected chi connectivity index (χ2v) is 7.58. The molecular formula is C24H36IN5O2. The maximum Gasteiger partial charge on any atom is 0.319 e. The first-order valence-corrected chi connectivity index (χ1v) is 10.8. The van der Waals surface area contributed by atoms with Gasteiger partial charge in [-0.25, -0.2) is 4.79 Å². The normalized spacial score (nSPS) is 12.0. The number of guanidine groups is 1. The van der Waals surface area contributed by atoms with Gasteiger partial charge in [0.05, 0.1) is 6.10 Å². The first-order chi connectivity index (χ1) is 15.0. The molecule has 0 saturated carbocycles. The molecule has 7 nitrogen and oxygen atoms in total. The van der Waals surface area contributed by atoms with Gasteiger partial charge in [-0.05, 0) is 50.5 Å². The highest BCUT2D eigenvalue weighted by Gasteiger charge is 2.05. The van der Waals surface area contributed by atoms with Crippen molar-refractivity contribution in [3.8, 4) is 0 Å². The standard InChI is InChI=1S/C24H35N5O2.HI/c1-18(2)28-24(30)29-22-13-11-20(12-14-22)17-27-23(25-4)26-15-8-16-31-19(3)21-9-6-5-7-10-21;/h5-7,9-14,18-19H,8,15-17H2,1-4H3,(H2,25,26,27)(H2,28,29,30);1H. The third kappa shape index (κ3) is 10.8. The molecule has 4 N–H and O–H groups in total. The molecule has 0 spiro atoms. The zero-order valence-electron chi connectivity index (χ0n) is 19.4. The molecule has 1 atom stereocenters. The van der Waals surface area contributed by atoms with Crippen molar-refractivity contribution in [3.63, 3.8) is 0 Å². The number of carbonyl (C=O) groups is 1. The SMILES string of the molecule is CN=C(NCCCOC(C)c1ccccc1)NCc1ccc(NC(=O)NC(C)C)cc1.I. The minimum Gasteiger partial charge on any atom is -0.374 e. The topological polar surface area (TPSA) is 86.8 Å². The number of hydrogen-bond donors (Lipinski definition) is 4. The van der Waals surface area contributed by atoms with E-state index >= 15 is 0 Å². The first kappa shape index (κ1) is 27.7. The highest BCUT2D eigenvalue weighted by molar-refractivity contribution is 14.0. The molecule has 0 radical (unpaired) electrons. The Balaban J connectivity index is 0.00000512. The number of carbonyl (C=O) groups excluding carboxylic acids is 1. The lowest BCUT2D eigenvalue weighted by molar-refractivity contribution is 0.0646. The van der Waals surface area contributed by atoms with Gasteiger partial charge in [0.1, 0.15) is 0 Å². The summed E-state index contributed by atoms with van der Waals surface area (Å²) in [6, 6.07) is 17.9. The molecule has 0 fully saturated rings. The molecule has 2 amide bonds. The fraction of sp³-hybridized carbons (Fsp3) is 0.417. The van der Waals surface area contributed by atoms with Gasteiger partial charge < -0.3 is 26.0 Å². The smallest absolute Gasteiger partial charge is 0.319 e. The van der Waals surface area contributed by atoms with Gasteiger partial charge >= 0.3 is 6.03 Å².